The van der Waals surface area contributed by atoms with E-state index < -0.39 is 6.03 Å². The molecule has 0 aliphatic heterocycles. The number of benzene rings is 1. The third-order valence-electron chi connectivity index (χ3n) is 3.08. The molecule has 7 heteroatoms. The number of ketones is 1. The van der Waals surface area contributed by atoms with E-state index in [-0.39, 0.29) is 16.5 Å². The summed E-state index contributed by atoms with van der Waals surface area (Å²) < 4.78 is 5.20. The van der Waals surface area contributed by atoms with Gasteiger partial charge in [-0.1, -0.05) is 41.9 Å². The molecule has 122 valence electrons. The second-order valence-corrected chi connectivity index (χ2v) is 6.60. The number of carbonyl (C=O) groups is 2. The van der Waals surface area contributed by atoms with Crippen LogP contribution in [0, 0.1) is 0 Å². The van der Waals surface area contributed by atoms with Gasteiger partial charge in [-0.25, -0.2) is 4.79 Å². The molecule has 0 saturated carbocycles. The zero-order valence-corrected chi connectivity index (χ0v) is 14.7. The lowest BCUT2D eigenvalue weighted by molar-refractivity contribution is 0.102. The summed E-state index contributed by atoms with van der Waals surface area (Å²) in [5.41, 5.74) is 0.980. The number of carbonyl (C=O) groups excluding carboxylic acids is 2. The average molecular weight is 380 g/mol. The first-order valence-corrected chi connectivity index (χ1v) is 8.16. The Hall–Kier alpha value is -2.15. The standard InChI is InChI=1S/C16H18BrN3O3/c1-16(2,3)13-8-14(20-23-13)19-15(22)18-11-6-4-10(5-7-11)12(21)9-17/h4-8H,9H2,1-3H3,(H2,18,19,20,22). The van der Waals surface area contributed by atoms with Gasteiger partial charge in [0.05, 0.1) is 5.33 Å². The van der Waals surface area contributed by atoms with Gasteiger partial charge in [0.2, 0.25) is 0 Å². The van der Waals surface area contributed by atoms with E-state index in [1.165, 1.54) is 0 Å². The molecule has 1 aromatic carbocycles. The minimum absolute atomic E-state index is 0.0155. The molecule has 1 aromatic heterocycles. The largest absolute Gasteiger partial charge is 0.359 e. The minimum atomic E-state index is -0.432. The van der Waals surface area contributed by atoms with Crippen molar-refractivity contribution in [2.24, 2.45) is 0 Å². The maximum atomic E-state index is 11.9. The molecule has 2 N–H and O–H groups in total. The molecule has 6 nitrogen and oxygen atoms in total. The van der Waals surface area contributed by atoms with Gasteiger partial charge in [-0.3, -0.25) is 10.1 Å². The number of hydrogen-bond donors (Lipinski definition) is 2. The quantitative estimate of drug-likeness (QED) is 0.615. The fraction of sp³-hybridized carbons (Fsp3) is 0.312. The van der Waals surface area contributed by atoms with Gasteiger partial charge in [0, 0.05) is 22.7 Å². The summed E-state index contributed by atoms with van der Waals surface area (Å²) in [7, 11) is 0. The fourth-order valence-electron chi connectivity index (χ4n) is 1.78. The maximum Gasteiger partial charge on any atom is 0.324 e. The highest BCUT2D eigenvalue weighted by Gasteiger charge is 2.20. The van der Waals surface area contributed by atoms with Crippen LogP contribution in [0.3, 0.4) is 0 Å². The van der Waals surface area contributed by atoms with Crippen molar-refractivity contribution in [2.45, 2.75) is 26.2 Å². The Bertz CT molecular complexity index is 702. The Kier molecular flexibility index (Phi) is 5.20. The average Bonchev–Trinajstić information content (AvgIpc) is 2.95. The molecule has 0 fully saturated rings. The predicted molar refractivity (Wildman–Crippen MR) is 92.4 cm³/mol. The van der Waals surface area contributed by atoms with Crippen LogP contribution >= 0.6 is 15.9 Å². The first kappa shape index (κ1) is 17.2. The Balaban J connectivity index is 1.97. The monoisotopic (exact) mass is 379 g/mol. The number of hydrogen-bond acceptors (Lipinski definition) is 4. The van der Waals surface area contributed by atoms with E-state index in [0.29, 0.717) is 22.8 Å². The Morgan fingerprint density at radius 1 is 1.17 bits per heavy atom. The summed E-state index contributed by atoms with van der Waals surface area (Å²) in [4.78, 5) is 23.4. The highest BCUT2D eigenvalue weighted by molar-refractivity contribution is 9.09. The topological polar surface area (TPSA) is 84.2 Å². The van der Waals surface area contributed by atoms with Crippen LogP contribution < -0.4 is 10.6 Å². The fourth-order valence-corrected chi connectivity index (χ4v) is 2.11. The predicted octanol–water partition coefficient (Wildman–Crippen LogP) is 4.19. The molecule has 0 aliphatic rings. The van der Waals surface area contributed by atoms with Crippen LogP contribution in [0.2, 0.25) is 0 Å². The minimum Gasteiger partial charge on any atom is -0.359 e. The summed E-state index contributed by atoms with van der Waals surface area (Å²) in [6.45, 7) is 5.98. The molecular weight excluding hydrogens is 362 g/mol. The summed E-state index contributed by atoms with van der Waals surface area (Å²) in [6, 6.07) is 7.91. The number of amides is 2. The van der Waals surface area contributed by atoms with Gasteiger partial charge in [0.15, 0.2) is 11.6 Å². The highest BCUT2D eigenvalue weighted by Crippen LogP contribution is 2.24. The van der Waals surface area contributed by atoms with Crippen LogP contribution in [0.5, 0.6) is 0 Å². The van der Waals surface area contributed by atoms with Gasteiger partial charge < -0.3 is 9.84 Å². The molecule has 2 amide bonds. The normalized spacial score (nSPS) is 11.1. The molecule has 0 radical (unpaired) electrons. The molecule has 0 aliphatic carbocycles. The Morgan fingerprint density at radius 2 is 1.83 bits per heavy atom. The van der Waals surface area contributed by atoms with E-state index in [9.17, 15) is 9.59 Å². The van der Waals surface area contributed by atoms with Gasteiger partial charge in [-0.05, 0) is 24.3 Å². The molecule has 0 unspecified atom stereocenters. The summed E-state index contributed by atoms with van der Waals surface area (Å²) >= 11 is 3.12. The maximum absolute atomic E-state index is 11.9. The number of alkyl halides is 1. The van der Waals surface area contributed by atoms with E-state index in [1.54, 1.807) is 30.3 Å². The zero-order valence-electron chi connectivity index (χ0n) is 13.1. The number of Topliss-reactive ketones (excluding diaryl/α,β-unsaturated/α-hetero) is 1. The van der Waals surface area contributed by atoms with Gasteiger partial charge >= 0.3 is 6.03 Å². The molecule has 2 aromatic rings. The summed E-state index contributed by atoms with van der Waals surface area (Å²) in [5, 5.41) is 9.35. The molecule has 0 atom stereocenters. The SMILES string of the molecule is CC(C)(C)c1cc(NC(=O)Nc2ccc(C(=O)CBr)cc2)no1. The van der Waals surface area contributed by atoms with Crippen molar-refractivity contribution in [1.82, 2.24) is 5.16 Å². The third kappa shape index (κ3) is 4.66. The van der Waals surface area contributed by atoms with E-state index in [1.807, 2.05) is 20.8 Å². The number of urea groups is 1. The molecule has 0 spiro atoms. The lowest BCUT2D eigenvalue weighted by atomic mass is 9.93. The number of anilines is 2. The van der Waals surface area contributed by atoms with Crippen molar-refractivity contribution >= 4 is 39.2 Å². The summed E-state index contributed by atoms with van der Waals surface area (Å²) in [6.07, 6.45) is 0. The number of halogens is 1. The van der Waals surface area contributed by atoms with Gasteiger partial charge in [-0.15, -0.1) is 0 Å². The third-order valence-corrected chi connectivity index (χ3v) is 3.59. The number of nitrogens with one attached hydrogen (secondary N) is 2. The second-order valence-electron chi connectivity index (χ2n) is 6.04. The van der Waals surface area contributed by atoms with Crippen molar-refractivity contribution < 1.29 is 14.1 Å². The van der Waals surface area contributed by atoms with E-state index in [4.69, 9.17) is 4.52 Å². The van der Waals surface area contributed by atoms with Crippen LogP contribution in [0.15, 0.2) is 34.9 Å². The Morgan fingerprint density at radius 3 is 2.35 bits per heavy atom. The summed E-state index contributed by atoms with van der Waals surface area (Å²) in [5.74, 6) is 1.02. The zero-order chi connectivity index (χ0) is 17.0. The smallest absolute Gasteiger partial charge is 0.324 e. The van der Waals surface area contributed by atoms with Crippen LogP contribution in [0.1, 0.15) is 36.9 Å². The number of nitrogens with zero attached hydrogens (tertiary/aromatic N) is 1. The van der Waals surface area contributed by atoms with E-state index in [2.05, 4.69) is 31.7 Å². The molecular formula is C16H18BrN3O3. The lowest BCUT2D eigenvalue weighted by Crippen LogP contribution is -2.19. The van der Waals surface area contributed by atoms with Crippen molar-refractivity contribution in [3.05, 3.63) is 41.7 Å². The highest BCUT2D eigenvalue weighted by atomic mass is 79.9. The van der Waals surface area contributed by atoms with Gasteiger partial charge in [-0.2, -0.15) is 0 Å². The molecule has 1 heterocycles. The molecule has 2 rings (SSSR count). The van der Waals surface area contributed by atoms with Crippen LogP contribution in [0.25, 0.3) is 0 Å². The molecule has 23 heavy (non-hydrogen) atoms. The van der Waals surface area contributed by atoms with Crippen LogP contribution in [-0.4, -0.2) is 22.3 Å². The first-order valence-electron chi connectivity index (χ1n) is 7.04. The van der Waals surface area contributed by atoms with Crippen molar-refractivity contribution in [3.63, 3.8) is 0 Å². The van der Waals surface area contributed by atoms with Gasteiger partial charge in [0.1, 0.15) is 5.76 Å². The van der Waals surface area contributed by atoms with Crippen molar-refractivity contribution in [2.75, 3.05) is 16.0 Å². The molecule has 0 bridgehead atoms. The van der Waals surface area contributed by atoms with E-state index in [0.717, 1.165) is 0 Å². The van der Waals surface area contributed by atoms with Crippen molar-refractivity contribution in [1.29, 1.82) is 0 Å². The van der Waals surface area contributed by atoms with Crippen molar-refractivity contribution in [3.8, 4) is 0 Å². The lowest BCUT2D eigenvalue weighted by Gasteiger charge is -2.12. The first-order chi connectivity index (χ1) is 10.8. The van der Waals surface area contributed by atoms with E-state index >= 15 is 0 Å². The van der Waals surface area contributed by atoms with Gasteiger partial charge in [0.25, 0.3) is 0 Å². The number of aromatic nitrogens is 1. The van der Waals surface area contributed by atoms with Crippen LogP contribution in [-0.2, 0) is 5.41 Å². The second kappa shape index (κ2) is 6.95. The number of rotatable bonds is 4. The Labute approximate surface area is 142 Å². The van der Waals surface area contributed by atoms with Crippen LogP contribution in [0.4, 0.5) is 16.3 Å². The molecule has 0 saturated heterocycles.